The second kappa shape index (κ2) is 6.92. The molecule has 0 radical (unpaired) electrons. The fourth-order valence-corrected chi connectivity index (χ4v) is 3.41. The Hall–Kier alpha value is -2.54. The molecule has 2 heterocycles. The van der Waals surface area contributed by atoms with Crippen molar-refractivity contribution in [3.63, 3.8) is 0 Å². The zero-order valence-corrected chi connectivity index (χ0v) is 14.3. The maximum absolute atomic E-state index is 12.3. The van der Waals surface area contributed by atoms with E-state index in [2.05, 4.69) is 27.4 Å². The Kier molecular flexibility index (Phi) is 4.71. The zero-order valence-electron chi connectivity index (χ0n) is 13.5. The van der Waals surface area contributed by atoms with Gasteiger partial charge in [0.05, 0.1) is 29.2 Å². The van der Waals surface area contributed by atoms with Crippen LogP contribution in [0, 0.1) is 0 Å². The molecule has 1 atom stereocenters. The molecule has 0 saturated heterocycles. The van der Waals surface area contributed by atoms with Crippen LogP contribution in [0.3, 0.4) is 0 Å². The normalized spacial score (nSPS) is 12.2. The van der Waals surface area contributed by atoms with E-state index < -0.39 is 0 Å². The lowest BCUT2D eigenvalue weighted by Gasteiger charge is -2.11. The number of H-pyrrole nitrogens is 1. The number of hydrogen-bond donors (Lipinski definition) is 2. The summed E-state index contributed by atoms with van der Waals surface area (Å²) in [7, 11) is 0. The van der Waals surface area contributed by atoms with E-state index in [0.29, 0.717) is 16.5 Å². The van der Waals surface area contributed by atoms with E-state index in [4.69, 9.17) is 0 Å². The summed E-state index contributed by atoms with van der Waals surface area (Å²) in [5.41, 5.74) is 1.34. The van der Waals surface area contributed by atoms with E-state index in [1.165, 1.54) is 0 Å². The summed E-state index contributed by atoms with van der Waals surface area (Å²) in [6.45, 7) is 3.96. The summed E-state index contributed by atoms with van der Waals surface area (Å²) in [5, 5.41) is 13.6. The van der Waals surface area contributed by atoms with Crippen LogP contribution in [0.1, 0.15) is 36.3 Å². The first-order valence-electron chi connectivity index (χ1n) is 7.78. The Morgan fingerprint density at radius 1 is 1.33 bits per heavy atom. The van der Waals surface area contributed by atoms with Gasteiger partial charge in [0, 0.05) is 10.8 Å². The number of aryl methyl sites for hydroxylation is 1. The highest BCUT2D eigenvalue weighted by Gasteiger charge is 2.15. The highest BCUT2D eigenvalue weighted by Crippen LogP contribution is 2.19. The van der Waals surface area contributed by atoms with Gasteiger partial charge in [-0.3, -0.25) is 9.59 Å². The van der Waals surface area contributed by atoms with Gasteiger partial charge in [-0.1, -0.05) is 25.1 Å². The number of aromatic nitrogens is 3. The van der Waals surface area contributed by atoms with Crippen LogP contribution < -0.4 is 10.9 Å². The second-order valence-corrected chi connectivity index (χ2v) is 6.43. The van der Waals surface area contributed by atoms with Gasteiger partial charge in [-0.25, -0.2) is 10.1 Å². The third kappa shape index (κ3) is 3.35. The molecule has 0 aliphatic carbocycles. The van der Waals surface area contributed by atoms with Crippen LogP contribution in [0.5, 0.6) is 0 Å². The van der Waals surface area contributed by atoms with Crippen molar-refractivity contribution in [2.45, 2.75) is 32.7 Å². The number of rotatable bonds is 5. The third-order valence-corrected chi connectivity index (χ3v) is 4.86. The average Bonchev–Trinajstić information content (AvgIpc) is 3.07. The lowest BCUT2D eigenvalue weighted by atomic mass is 10.1. The maximum atomic E-state index is 12.3. The fraction of sp³-hybridized carbons (Fsp3) is 0.294. The summed E-state index contributed by atoms with van der Waals surface area (Å²) in [6.07, 6.45) is 0.984. The predicted octanol–water partition coefficient (Wildman–Crippen LogP) is 2.36. The van der Waals surface area contributed by atoms with Gasteiger partial charge in [-0.2, -0.15) is 5.10 Å². The largest absolute Gasteiger partial charge is 0.347 e. The van der Waals surface area contributed by atoms with Crippen molar-refractivity contribution in [3.8, 4) is 0 Å². The maximum Gasteiger partial charge on any atom is 0.272 e. The Balaban J connectivity index is 1.75. The van der Waals surface area contributed by atoms with Gasteiger partial charge in [0.2, 0.25) is 5.91 Å². The van der Waals surface area contributed by atoms with Crippen molar-refractivity contribution in [2.24, 2.45) is 0 Å². The Morgan fingerprint density at radius 2 is 2.08 bits per heavy atom. The van der Waals surface area contributed by atoms with Gasteiger partial charge in [0.1, 0.15) is 5.01 Å². The van der Waals surface area contributed by atoms with Crippen LogP contribution in [0.2, 0.25) is 0 Å². The number of nitrogens with one attached hydrogen (secondary N) is 2. The smallest absolute Gasteiger partial charge is 0.272 e. The number of nitrogens with zero attached hydrogens (tertiary/aromatic N) is 2. The number of amides is 1. The van der Waals surface area contributed by atoms with E-state index in [-0.39, 0.29) is 23.9 Å². The Labute approximate surface area is 143 Å². The van der Waals surface area contributed by atoms with Crippen molar-refractivity contribution >= 4 is 28.0 Å². The quantitative estimate of drug-likeness (QED) is 0.745. The van der Waals surface area contributed by atoms with Gasteiger partial charge >= 0.3 is 0 Å². The van der Waals surface area contributed by atoms with Gasteiger partial charge < -0.3 is 5.32 Å². The number of fused-ring (bicyclic) bond motifs is 1. The summed E-state index contributed by atoms with van der Waals surface area (Å²) in [4.78, 5) is 28.6. The second-order valence-electron chi connectivity index (χ2n) is 5.54. The summed E-state index contributed by atoms with van der Waals surface area (Å²) in [5.74, 6) is -0.152. The Bertz CT molecular complexity index is 931. The Morgan fingerprint density at radius 3 is 2.79 bits per heavy atom. The molecule has 24 heavy (non-hydrogen) atoms. The first-order valence-corrected chi connectivity index (χ1v) is 8.66. The van der Waals surface area contributed by atoms with E-state index in [1.807, 2.05) is 18.4 Å². The van der Waals surface area contributed by atoms with E-state index in [1.54, 1.807) is 29.5 Å². The van der Waals surface area contributed by atoms with E-state index >= 15 is 0 Å². The lowest BCUT2D eigenvalue weighted by molar-refractivity contribution is -0.121. The van der Waals surface area contributed by atoms with Crippen LogP contribution in [0.25, 0.3) is 10.8 Å². The van der Waals surface area contributed by atoms with Crippen molar-refractivity contribution < 1.29 is 4.79 Å². The molecule has 6 nitrogen and oxygen atoms in total. The van der Waals surface area contributed by atoms with Crippen LogP contribution in [-0.2, 0) is 17.6 Å². The van der Waals surface area contributed by atoms with E-state index in [0.717, 1.165) is 17.1 Å². The average molecular weight is 342 g/mol. The van der Waals surface area contributed by atoms with Gasteiger partial charge in [-0.15, -0.1) is 11.3 Å². The molecular weight excluding hydrogens is 324 g/mol. The minimum absolute atomic E-state index is 0.105. The number of carbonyl (C=O) groups excluding carboxylic acids is 1. The zero-order chi connectivity index (χ0) is 17.1. The SMILES string of the molecule is CCc1csc(C(C)NC(=O)Cc2n[nH]c(=O)c3ccccc23)n1. The lowest BCUT2D eigenvalue weighted by Crippen LogP contribution is -2.29. The highest BCUT2D eigenvalue weighted by atomic mass is 32.1. The topological polar surface area (TPSA) is 87.7 Å². The number of benzene rings is 1. The third-order valence-electron chi connectivity index (χ3n) is 3.78. The molecule has 1 amide bonds. The molecule has 0 aliphatic heterocycles. The molecule has 0 spiro atoms. The predicted molar refractivity (Wildman–Crippen MR) is 94.1 cm³/mol. The highest BCUT2D eigenvalue weighted by molar-refractivity contribution is 7.09. The summed E-state index contributed by atoms with van der Waals surface area (Å²) in [6, 6.07) is 6.99. The molecule has 124 valence electrons. The molecule has 3 aromatic rings. The number of hydrogen-bond acceptors (Lipinski definition) is 5. The molecule has 0 fully saturated rings. The van der Waals surface area contributed by atoms with Gasteiger partial charge in [0.25, 0.3) is 5.56 Å². The fourth-order valence-electron chi connectivity index (χ4n) is 2.50. The van der Waals surface area contributed by atoms with Crippen LogP contribution >= 0.6 is 11.3 Å². The molecule has 3 rings (SSSR count). The summed E-state index contributed by atoms with van der Waals surface area (Å²) < 4.78 is 0. The van der Waals surface area contributed by atoms with Gasteiger partial charge in [0.15, 0.2) is 0 Å². The first kappa shape index (κ1) is 16.3. The number of carbonyl (C=O) groups is 1. The molecule has 1 unspecified atom stereocenters. The molecule has 7 heteroatoms. The van der Waals surface area contributed by atoms with Crippen LogP contribution in [0.15, 0.2) is 34.4 Å². The monoisotopic (exact) mass is 342 g/mol. The van der Waals surface area contributed by atoms with Crippen LogP contribution in [-0.4, -0.2) is 21.1 Å². The standard InChI is InChI=1S/C17H18N4O2S/c1-3-11-9-24-17(19-11)10(2)18-15(22)8-14-12-6-4-5-7-13(12)16(23)21-20-14/h4-7,9-10H,3,8H2,1-2H3,(H,18,22)(H,21,23). The summed E-state index contributed by atoms with van der Waals surface area (Å²) >= 11 is 1.55. The molecule has 2 aromatic heterocycles. The van der Waals surface area contributed by atoms with Crippen molar-refractivity contribution in [3.05, 3.63) is 56.4 Å². The van der Waals surface area contributed by atoms with Crippen molar-refractivity contribution in [1.29, 1.82) is 0 Å². The molecule has 0 bridgehead atoms. The van der Waals surface area contributed by atoms with E-state index in [9.17, 15) is 9.59 Å². The minimum atomic E-state index is -0.252. The number of thiazole rings is 1. The molecule has 0 aliphatic rings. The molecule has 0 saturated carbocycles. The number of aromatic amines is 1. The molecule has 2 N–H and O–H groups in total. The van der Waals surface area contributed by atoms with Crippen molar-refractivity contribution in [2.75, 3.05) is 0 Å². The van der Waals surface area contributed by atoms with Crippen molar-refractivity contribution in [1.82, 2.24) is 20.5 Å². The minimum Gasteiger partial charge on any atom is -0.347 e. The molecule has 1 aromatic carbocycles. The van der Waals surface area contributed by atoms with Crippen LogP contribution in [0.4, 0.5) is 0 Å². The first-order chi connectivity index (χ1) is 11.6. The van der Waals surface area contributed by atoms with Gasteiger partial charge in [-0.05, 0) is 19.4 Å². The molecular formula is C17H18N4O2S.